The molecule has 1 fully saturated rings. The van der Waals surface area contributed by atoms with Gasteiger partial charge in [0.15, 0.2) is 0 Å². The minimum atomic E-state index is -0.900. The summed E-state index contributed by atoms with van der Waals surface area (Å²) in [7, 11) is 0. The Labute approximate surface area is 227 Å². The molecule has 1 heterocycles. The molecule has 4 aromatic carbocycles. The Morgan fingerprint density at radius 3 is 2.03 bits per heavy atom. The van der Waals surface area contributed by atoms with E-state index in [4.69, 9.17) is 16.6 Å². The number of aliphatic imine (C=N–C) groups is 1. The second kappa shape index (κ2) is 8.23. The average molecular weight is 568 g/mol. The first-order valence-electron chi connectivity index (χ1n) is 12.1. The highest BCUT2D eigenvalue weighted by Gasteiger charge is 2.68. The summed E-state index contributed by atoms with van der Waals surface area (Å²) >= 11 is 9.99. The predicted octanol–water partition coefficient (Wildman–Crippen LogP) is 7.06. The van der Waals surface area contributed by atoms with Crippen LogP contribution in [0.25, 0.3) is 0 Å². The Morgan fingerprint density at radius 1 is 0.784 bits per heavy atom. The molecule has 3 aliphatic carbocycles. The van der Waals surface area contributed by atoms with Gasteiger partial charge in [-0.25, -0.2) is 4.90 Å². The van der Waals surface area contributed by atoms with Gasteiger partial charge in [0.2, 0.25) is 11.8 Å². The van der Waals surface area contributed by atoms with Gasteiger partial charge in [-0.2, -0.15) is 0 Å². The van der Waals surface area contributed by atoms with Gasteiger partial charge in [0.25, 0.3) is 0 Å². The van der Waals surface area contributed by atoms with Crippen LogP contribution in [0.2, 0.25) is 5.02 Å². The van der Waals surface area contributed by atoms with Gasteiger partial charge in [-0.05, 0) is 58.7 Å². The maximum atomic E-state index is 14.4. The van der Waals surface area contributed by atoms with E-state index in [0.29, 0.717) is 10.7 Å². The molecule has 0 N–H and O–H groups in total. The van der Waals surface area contributed by atoms with Gasteiger partial charge >= 0.3 is 0 Å². The molecule has 0 aromatic heterocycles. The van der Waals surface area contributed by atoms with E-state index in [-0.39, 0.29) is 17.7 Å². The summed E-state index contributed by atoms with van der Waals surface area (Å²) in [4.78, 5) is 34.7. The first kappa shape index (κ1) is 22.6. The molecular weight excluding hydrogens is 548 g/mol. The van der Waals surface area contributed by atoms with Crippen LogP contribution < -0.4 is 4.90 Å². The lowest BCUT2D eigenvalue weighted by Gasteiger charge is -2.52. The van der Waals surface area contributed by atoms with Crippen LogP contribution in [-0.2, 0) is 15.0 Å². The van der Waals surface area contributed by atoms with Crippen LogP contribution in [0.3, 0.4) is 0 Å². The maximum absolute atomic E-state index is 14.4. The van der Waals surface area contributed by atoms with Crippen LogP contribution in [0, 0.1) is 11.8 Å². The standard InChI is InChI=1S/C31H20BrClN2O2/c32-18-13-15-19(16-14-18)34-17-31-22-9-3-1-7-20(22)26(21-8-2-4-10-23(21)31)27-28(31)30(37)35(29(27)36)25-12-6-5-11-24(25)33/h1-17,26-28H/t26?,27-,28+,31?/m0/s1. The first-order valence-corrected chi connectivity index (χ1v) is 13.3. The number of nitrogens with zero attached hydrogens (tertiary/aromatic N) is 2. The van der Waals surface area contributed by atoms with Crippen LogP contribution >= 0.6 is 27.5 Å². The van der Waals surface area contributed by atoms with Crippen molar-refractivity contribution in [1.82, 2.24) is 0 Å². The number of carbonyl (C=O) groups is 2. The van der Waals surface area contributed by atoms with Crippen molar-refractivity contribution in [3.63, 3.8) is 0 Å². The van der Waals surface area contributed by atoms with Gasteiger partial charge in [0, 0.05) is 16.6 Å². The minimum Gasteiger partial charge on any atom is -0.274 e. The molecule has 37 heavy (non-hydrogen) atoms. The summed E-state index contributed by atoms with van der Waals surface area (Å²) in [5.41, 5.74) is 4.52. The van der Waals surface area contributed by atoms with E-state index >= 15 is 0 Å². The van der Waals surface area contributed by atoms with Crippen molar-refractivity contribution in [2.75, 3.05) is 4.90 Å². The zero-order valence-corrected chi connectivity index (χ0v) is 21.9. The van der Waals surface area contributed by atoms with E-state index in [2.05, 4.69) is 40.2 Å². The second-order valence-electron chi connectivity index (χ2n) is 9.72. The second-order valence-corrected chi connectivity index (χ2v) is 11.0. The Bertz CT molecular complexity index is 1580. The predicted molar refractivity (Wildman–Crippen MR) is 149 cm³/mol. The SMILES string of the molecule is O=C1[C@H]2C3c4ccccc4C(C=Nc4ccc(Br)cc4)(c4ccccc43)[C@H]2C(=O)N1c1ccccc1Cl. The molecule has 2 bridgehead atoms. The molecule has 4 nitrogen and oxygen atoms in total. The first-order chi connectivity index (χ1) is 18.0. The van der Waals surface area contributed by atoms with Gasteiger partial charge < -0.3 is 0 Å². The smallest absolute Gasteiger partial charge is 0.239 e. The third kappa shape index (κ3) is 3.04. The van der Waals surface area contributed by atoms with Gasteiger partial charge in [0.05, 0.1) is 33.6 Å². The molecule has 180 valence electrons. The Balaban J connectivity index is 1.51. The quantitative estimate of drug-likeness (QED) is 0.197. The number of imide groups is 1. The number of hydrogen-bond acceptors (Lipinski definition) is 3. The third-order valence-electron chi connectivity index (χ3n) is 8.02. The summed E-state index contributed by atoms with van der Waals surface area (Å²) in [6, 6.07) is 31.1. The van der Waals surface area contributed by atoms with E-state index < -0.39 is 17.3 Å². The zero-order chi connectivity index (χ0) is 25.3. The molecule has 2 atom stereocenters. The molecule has 0 spiro atoms. The number of hydrogen-bond donors (Lipinski definition) is 0. The number of benzene rings is 4. The highest BCUT2D eigenvalue weighted by molar-refractivity contribution is 9.10. The number of para-hydroxylation sites is 1. The highest BCUT2D eigenvalue weighted by Crippen LogP contribution is 2.64. The number of carbonyl (C=O) groups excluding carboxylic acids is 2. The third-order valence-corrected chi connectivity index (χ3v) is 8.87. The van der Waals surface area contributed by atoms with E-state index in [1.807, 2.05) is 54.7 Å². The van der Waals surface area contributed by atoms with Crippen molar-refractivity contribution < 1.29 is 9.59 Å². The average Bonchev–Trinajstić information content (AvgIpc) is 3.19. The fourth-order valence-corrected chi connectivity index (χ4v) is 7.11. The molecule has 1 saturated heterocycles. The van der Waals surface area contributed by atoms with Crippen molar-refractivity contribution in [2.24, 2.45) is 16.8 Å². The number of anilines is 1. The lowest BCUT2D eigenvalue weighted by Crippen LogP contribution is -2.54. The number of amides is 2. The van der Waals surface area contributed by atoms with Crippen LogP contribution in [0.4, 0.5) is 11.4 Å². The lowest BCUT2D eigenvalue weighted by molar-refractivity contribution is -0.122. The lowest BCUT2D eigenvalue weighted by atomic mass is 9.47. The van der Waals surface area contributed by atoms with Crippen molar-refractivity contribution in [3.05, 3.63) is 129 Å². The molecule has 4 aromatic rings. The summed E-state index contributed by atoms with van der Waals surface area (Å²) in [5, 5.41) is 0.378. The molecule has 0 radical (unpaired) electrons. The molecule has 2 amide bonds. The number of halogens is 2. The van der Waals surface area contributed by atoms with Crippen molar-refractivity contribution in [3.8, 4) is 0 Å². The summed E-state index contributed by atoms with van der Waals surface area (Å²) in [6.45, 7) is 0. The van der Waals surface area contributed by atoms with Crippen LogP contribution in [0.5, 0.6) is 0 Å². The molecule has 6 heteroatoms. The fraction of sp³-hybridized carbons (Fsp3) is 0.129. The van der Waals surface area contributed by atoms with E-state index in [0.717, 1.165) is 32.4 Å². The van der Waals surface area contributed by atoms with Crippen molar-refractivity contribution >= 4 is 56.9 Å². The van der Waals surface area contributed by atoms with Crippen LogP contribution in [0.1, 0.15) is 28.2 Å². The van der Waals surface area contributed by atoms with E-state index in [1.165, 1.54) is 4.90 Å². The normalized spacial score (nSPS) is 25.4. The maximum Gasteiger partial charge on any atom is 0.239 e. The largest absolute Gasteiger partial charge is 0.274 e. The molecular formula is C31H20BrClN2O2. The minimum absolute atomic E-state index is 0.210. The Hall–Kier alpha value is -3.54. The van der Waals surface area contributed by atoms with Gasteiger partial charge in [-0.3, -0.25) is 14.6 Å². The Kier molecular flexibility index (Phi) is 5.04. The summed E-state index contributed by atoms with van der Waals surface area (Å²) in [6.07, 6.45) is 1.90. The van der Waals surface area contributed by atoms with Gasteiger partial charge in [-0.1, -0.05) is 88.2 Å². The highest BCUT2D eigenvalue weighted by atomic mass is 79.9. The van der Waals surface area contributed by atoms with E-state index in [9.17, 15) is 9.59 Å². The van der Waals surface area contributed by atoms with E-state index in [1.54, 1.807) is 24.3 Å². The van der Waals surface area contributed by atoms with Crippen molar-refractivity contribution in [1.29, 1.82) is 0 Å². The fourth-order valence-electron chi connectivity index (χ4n) is 6.62. The van der Waals surface area contributed by atoms with Crippen LogP contribution in [-0.4, -0.2) is 18.0 Å². The van der Waals surface area contributed by atoms with Gasteiger partial charge in [-0.15, -0.1) is 0 Å². The van der Waals surface area contributed by atoms with Crippen molar-refractivity contribution in [2.45, 2.75) is 11.3 Å². The molecule has 0 unspecified atom stereocenters. The Morgan fingerprint density at radius 2 is 1.38 bits per heavy atom. The molecule has 8 rings (SSSR count). The zero-order valence-electron chi connectivity index (χ0n) is 19.5. The van der Waals surface area contributed by atoms with Gasteiger partial charge in [0.1, 0.15) is 0 Å². The molecule has 4 aliphatic rings. The van der Waals surface area contributed by atoms with Crippen LogP contribution in [0.15, 0.2) is 107 Å². The summed E-state index contributed by atoms with van der Waals surface area (Å²) in [5.74, 6) is -1.85. The molecule has 0 saturated carbocycles. The number of rotatable bonds is 3. The topological polar surface area (TPSA) is 49.7 Å². The summed E-state index contributed by atoms with van der Waals surface area (Å²) < 4.78 is 0.963. The molecule has 1 aliphatic heterocycles. The monoisotopic (exact) mass is 566 g/mol.